The molecule has 0 saturated carbocycles. The van der Waals surface area contributed by atoms with E-state index in [1.807, 2.05) is 0 Å². The summed E-state index contributed by atoms with van der Waals surface area (Å²) in [5.41, 5.74) is 8.28. The van der Waals surface area contributed by atoms with Crippen LogP contribution in [0, 0.1) is 11.7 Å². The lowest BCUT2D eigenvalue weighted by atomic mass is 9.99. The van der Waals surface area contributed by atoms with Crippen molar-refractivity contribution in [3.05, 3.63) is 29.6 Å². The summed E-state index contributed by atoms with van der Waals surface area (Å²) in [7, 11) is 1.44. The Bertz CT molecular complexity index is 578. The number of benzene rings is 1. The average molecular weight is 263 g/mol. The summed E-state index contributed by atoms with van der Waals surface area (Å²) in [6.07, 6.45) is 0.797. The normalized spacial score (nSPS) is 11.0. The largest absolute Gasteiger partial charge is 0.494 e. The van der Waals surface area contributed by atoms with Gasteiger partial charge in [-0.05, 0) is 30.5 Å². The second-order valence-corrected chi connectivity index (χ2v) is 4.91. The minimum atomic E-state index is -0.399. The summed E-state index contributed by atoms with van der Waals surface area (Å²) in [5, 5.41) is 6.90. The van der Waals surface area contributed by atoms with Gasteiger partial charge in [-0.25, -0.2) is 4.39 Å². The van der Waals surface area contributed by atoms with E-state index in [-0.39, 0.29) is 5.75 Å². The first-order valence-electron chi connectivity index (χ1n) is 6.19. The van der Waals surface area contributed by atoms with Gasteiger partial charge >= 0.3 is 0 Å². The number of nitrogens with two attached hydrogens (primary N) is 1. The molecule has 1 aromatic carbocycles. The highest BCUT2D eigenvalue weighted by Gasteiger charge is 2.15. The molecule has 2 aromatic rings. The summed E-state index contributed by atoms with van der Waals surface area (Å²) in [5.74, 6) is 0.743. The number of methoxy groups -OCH3 is 1. The van der Waals surface area contributed by atoms with Crippen molar-refractivity contribution >= 4 is 5.82 Å². The zero-order valence-electron chi connectivity index (χ0n) is 11.3. The van der Waals surface area contributed by atoms with Gasteiger partial charge in [0.15, 0.2) is 11.6 Å². The third-order valence-electron chi connectivity index (χ3n) is 2.95. The van der Waals surface area contributed by atoms with Crippen LogP contribution in [0.2, 0.25) is 0 Å². The smallest absolute Gasteiger partial charge is 0.165 e. The van der Waals surface area contributed by atoms with Gasteiger partial charge in [0.1, 0.15) is 5.82 Å². The number of halogens is 1. The molecule has 0 saturated heterocycles. The maximum atomic E-state index is 13.7. The third-order valence-corrected chi connectivity index (χ3v) is 2.95. The number of hydrogen-bond acceptors (Lipinski definition) is 3. The highest BCUT2D eigenvalue weighted by Crippen LogP contribution is 2.30. The molecule has 0 spiro atoms. The molecule has 102 valence electrons. The van der Waals surface area contributed by atoms with E-state index in [9.17, 15) is 4.39 Å². The number of ether oxygens (including phenoxy) is 1. The number of nitrogens with one attached hydrogen (secondary N) is 1. The Morgan fingerprint density at radius 1 is 1.42 bits per heavy atom. The summed E-state index contributed by atoms with van der Waals surface area (Å²) in [6, 6.07) is 4.81. The van der Waals surface area contributed by atoms with Crippen molar-refractivity contribution in [3.63, 3.8) is 0 Å². The van der Waals surface area contributed by atoms with E-state index in [1.165, 1.54) is 13.2 Å². The lowest BCUT2D eigenvalue weighted by molar-refractivity contribution is 0.386. The zero-order valence-corrected chi connectivity index (χ0v) is 11.3. The van der Waals surface area contributed by atoms with E-state index < -0.39 is 5.82 Å². The van der Waals surface area contributed by atoms with Crippen molar-refractivity contribution in [2.24, 2.45) is 5.92 Å². The molecule has 5 heteroatoms. The van der Waals surface area contributed by atoms with E-state index in [0.29, 0.717) is 11.7 Å². The monoisotopic (exact) mass is 263 g/mol. The van der Waals surface area contributed by atoms with E-state index >= 15 is 0 Å². The molecule has 1 aromatic heterocycles. The number of H-pyrrole nitrogens is 1. The van der Waals surface area contributed by atoms with Crippen LogP contribution < -0.4 is 10.5 Å². The molecule has 1 heterocycles. The van der Waals surface area contributed by atoms with Gasteiger partial charge in [-0.1, -0.05) is 13.8 Å². The maximum Gasteiger partial charge on any atom is 0.165 e. The van der Waals surface area contributed by atoms with Crippen LogP contribution in [0.3, 0.4) is 0 Å². The van der Waals surface area contributed by atoms with Crippen molar-refractivity contribution in [2.75, 3.05) is 12.8 Å². The van der Waals surface area contributed by atoms with Crippen LogP contribution in [0.4, 0.5) is 10.2 Å². The minimum absolute atomic E-state index is 0.224. The van der Waals surface area contributed by atoms with Crippen molar-refractivity contribution in [2.45, 2.75) is 20.3 Å². The highest BCUT2D eigenvalue weighted by molar-refractivity contribution is 5.68. The van der Waals surface area contributed by atoms with Crippen LogP contribution in [0.15, 0.2) is 18.2 Å². The van der Waals surface area contributed by atoms with Crippen molar-refractivity contribution < 1.29 is 9.13 Å². The molecule has 3 N–H and O–H groups in total. The first-order valence-corrected chi connectivity index (χ1v) is 6.19. The summed E-state index contributed by atoms with van der Waals surface area (Å²) < 4.78 is 18.7. The molecule has 2 rings (SSSR count). The van der Waals surface area contributed by atoms with Crippen LogP contribution in [0.25, 0.3) is 11.3 Å². The highest BCUT2D eigenvalue weighted by atomic mass is 19.1. The number of aromatic nitrogens is 2. The minimum Gasteiger partial charge on any atom is -0.494 e. The predicted molar refractivity (Wildman–Crippen MR) is 73.5 cm³/mol. The molecule has 19 heavy (non-hydrogen) atoms. The van der Waals surface area contributed by atoms with Crippen LogP contribution in [-0.4, -0.2) is 17.3 Å². The Kier molecular flexibility index (Phi) is 3.74. The molecule has 0 aliphatic heterocycles. The lowest BCUT2D eigenvalue weighted by Gasteiger charge is -2.08. The Balaban J connectivity index is 2.44. The standard InChI is InChI=1S/C14H18FN3O/c1-8(2)6-10-13(17-18-14(10)16)9-4-5-12(19-3)11(15)7-9/h4-5,7-8H,6H2,1-3H3,(H3,16,17,18). The predicted octanol–water partition coefficient (Wildman–Crippen LogP) is 3.01. The number of hydrogen-bond donors (Lipinski definition) is 2. The molecule has 0 unspecified atom stereocenters. The van der Waals surface area contributed by atoms with E-state index in [2.05, 4.69) is 24.0 Å². The Hall–Kier alpha value is -2.04. The number of nitrogen functional groups attached to an aromatic ring is 1. The van der Waals surface area contributed by atoms with Gasteiger partial charge in [-0.3, -0.25) is 5.10 Å². The summed E-state index contributed by atoms with van der Waals surface area (Å²) in [4.78, 5) is 0. The molecule has 0 aliphatic rings. The number of nitrogens with zero attached hydrogens (tertiary/aromatic N) is 1. The molecular formula is C14H18FN3O. The van der Waals surface area contributed by atoms with Crippen molar-refractivity contribution in [1.82, 2.24) is 10.2 Å². The topological polar surface area (TPSA) is 63.9 Å². The molecule has 0 fully saturated rings. The van der Waals surface area contributed by atoms with Gasteiger partial charge in [-0.15, -0.1) is 0 Å². The second kappa shape index (κ2) is 5.30. The van der Waals surface area contributed by atoms with E-state index in [0.717, 1.165) is 23.2 Å². The first kappa shape index (κ1) is 13.4. The molecule has 0 amide bonds. The van der Waals surface area contributed by atoms with Gasteiger partial charge in [-0.2, -0.15) is 5.10 Å². The van der Waals surface area contributed by atoms with E-state index in [4.69, 9.17) is 10.5 Å². The van der Waals surface area contributed by atoms with Crippen LogP contribution in [-0.2, 0) is 6.42 Å². The molecule has 0 bridgehead atoms. The summed E-state index contributed by atoms with van der Waals surface area (Å²) >= 11 is 0. The number of rotatable bonds is 4. The molecule has 0 radical (unpaired) electrons. The van der Waals surface area contributed by atoms with Gasteiger partial charge in [0, 0.05) is 11.1 Å². The fourth-order valence-corrected chi connectivity index (χ4v) is 2.05. The third kappa shape index (κ3) is 2.70. The van der Waals surface area contributed by atoms with Crippen LogP contribution in [0.1, 0.15) is 19.4 Å². The Morgan fingerprint density at radius 3 is 2.74 bits per heavy atom. The zero-order chi connectivity index (χ0) is 14.0. The fourth-order valence-electron chi connectivity index (χ4n) is 2.05. The quantitative estimate of drug-likeness (QED) is 0.891. The SMILES string of the molecule is COc1ccc(-c2[nH]nc(N)c2CC(C)C)cc1F. The summed E-state index contributed by atoms with van der Waals surface area (Å²) in [6.45, 7) is 4.20. The number of aromatic amines is 1. The molecular weight excluding hydrogens is 245 g/mol. The van der Waals surface area contributed by atoms with Gasteiger partial charge < -0.3 is 10.5 Å². The van der Waals surface area contributed by atoms with Crippen molar-refractivity contribution in [1.29, 1.82) is 0 Å². The first-order chi connectivity index (χ1) is 9.02. The maximum absolute atomic E-state index is 13.7. The lowest BCUT2D eigenvalue weighted by Crippen LogP contribution is -1.99. The van der Waals surface area contributed by atoms with E-state index in [1.54, 1.807) is 12.1 Å². The van der Waals surface area contributed by atoms with Gasteiger partial charge in [0.2, 0.25) is 0 Å². The molecule has 4 nitrogen and oxygen atoms in total. The van der Waals surface area contributed by atoms with Crippen LogP contribution in [0.5, 0.6) is 5.75 Å². The Labute approximate surface area is 111 Å². The molecule has 0 atom stereocenters. The van der Waals surface area contributed by atoms with Gasteiger partial charge in [0.05, 0.1) is 12.8 Å². The average Bonchev–Trinajstić information content (AvgIpc) is 2.70. The van der Waals surface area contributed by atoms with Crippen molar-refractivity contribution in [3.8, 4) is 17.0 Å². The molecule has 0 aliphatic carbocycles. The van der Waals surface area contributed by atoms with Crippen LogP contribution >= 0.6 is 0 Å². The fraction of sp³-hybridized carbons (Fsp3) is 0.357. The number of anilines is 1. The van der Waals surface area contributed by atoms with Gasteiger partial charge in [0.25, 0.3) is 0 Å². The Morgan fingerprint density at radius 2 is 2.16 bits per heavy atom. The second-order valence-electron chi connectivity index (χ2n) is 4.91.